The number of fused-ring (bicyclic) bond motifs is 1. The van der Waals surface area contributed by atoms with Crippen LogP contribution in [0.1, 0.15) is 5.56 Å². The topological polar surface area (TPSA) is 43.6 Å². The summed E-state index contributed by atoms with van der Waals surface area (Å²) in [5.74, 6) is 0. The highest BCUT2D eigenvalue weighted by Crippen LogP contribution is 2.22. The molecule has 0 N–H and O–H groups in total. The largest absolute Gasteiger partial charge is 0.260 e. The molecule has 0 aliphatic rings. The van der Waals surface area contributed by atoms with Crippen LogP contribution in [0.2, 0.25) is 0 Å². The van der Waals surface area contributed by atoms with Gasteiger partial charge in [0.2, 0.25) is 0 Å². The second-order valence-electron chi connectivity index (χ2n) is 5.11. The van der Waals surface area contributed by atoms with Crippen molar-refractivity contribution in [1.29, 1.82) is 0 Å². The highest BCUT2D eigenvalue weighted by atomic mass is 15.3. The monoisotopic (exact) mass is 285 g/mol. The van der Waals surface area contributed by atoms with Crippen molar-refractivity contribution in [2.24, 2.45) is 0 Å². The third-order valence-electron chi connectivity index (χ3n) is 3.64. The summed E-state index contributed by atoms with van der Waals surface area (Å²) in [5, 5.41) is 13.5. The normalized spacial score (nSPS) is 10.9. The maximum atomic E-state index is 4.50. The molecule has 0 spiro atoms. The van der Waals surface area contributed by atoms with Gasteiger partial charge in [-0.3, -0.25) is 4.68 Å². The second kappa shape index (κ2) is 5.41. The van der Waals surface area contributed by atoms with Crippen LogP contribution in [0.4, 0.5) is 0 Å². The first kappa shape index (κ1) is 12.7. The lowest BCUT2D eigenvalue weighted by Crippen LogP contribution is -2.00. The Morgan fingerprint density at radius 1 is 1.00 bits per heavy atom. The molecule has 105 valence electrons. The van der Waals surface area contributed by atoms with Gasteiger partial charge in [0.15, 0.2) is 0 Å². The van der Waals surface area contributed by atoms with Gasteiger partial charge in [-0.15, -0.1) is 10.2 Å². The smallest absolute Gasteiger partial charge is 0.113 e. The van der Waals surface area contributed by atoms with Gasteiger partial charge >= 0.3 is 0 Å². The standard InChI is InChI=1S/C18H13N4/c1-2-5-14(6-3-1)13-22-18-9-8-15(11-16(18)12-20-22)17-7-4-10-19-21-17/h1-9,11-12H,13H2. The first-order valence-electron chi connectivity index (χ1n) is 7.10. The minimum absolute atomic E-state index is 0.768. The van der Waals surface area contributed by atoms with Crippen molar-refractivity contribution in [2.75, 3.05) is 0 Å². The van der Waals surface area contributed by atoms with Crippen LogP contribution in [0.5, 0.6) is 0 Å². The summed E-state index contributed by atoms with van der Waals surface area (Å²) in [6, 6.07) is 20.2. The Kier molecular flexibility index (Phi) is 3.12. The lowest BCUT2D eigenvalue weighted by molar-refractivity contribution is 0.712. The molecule has 2 heterocycles. The number of benzene rings is 2. The van der Waals surface area contributed by atoms with E-state index in [-0.39, 0.29) is 0 Å². The number of hydrogen-bond acceptors (Lipinski definition) is 3. The first-order valence-corrected chi connectivity index (χ1v) is 7.10. The molecule has 4 aromatic rings. The summed E-state index contributed by atoms with van der Waals surface area (Å²) in [5.41, 5.74) is 4.23. The van der Waals surface area contributed by atoms with Crippen LogP contribution in [0.3, 0.4) is 0 Å². The van der Waals surface area contributed by atoms with Gasteiger partial charge in [0.1, 0.15) is 6.20 Å². The van der Waals surface area contributed by atoms with Crippen molar-refractivity contribution in [3.63, 3.8) is 0 Å². The molecule has 0 amide bonds. The summed E-state index contributed by atoms with van der Waals surface area (Å²) < 4.78 is 2.01. The highest BCUT2D eigenvalue weighted by molar-refractivity contribution is 5.83. The molecule has 4 heteroatoms. The van der Waals surface area contributed by atoms with E-state index in [0.29, 0.717) is 0 Å². The molecule has 0 bridgehead atoms. The van der Waals surface area contributed by atoms with E-state index in [0.717, 1.165) is 28.7 Å². The Labute approximate surface area is 128 Å². The minimum Gasteiger partial charge on any atom is -0.260 e. The number of aromatic nitrogens is 4. The van der Waals surface area contributed by atoms with Gasteiger partial charge in [-0.1, -0.05) is 36.4 Å². The Morgan fingerprint density at radius 2 is 1.91 bits per heavy atom. The average molecular weight is 285 g/mol. The Hall–Kier alpha value is -3.01. The fraction of sp³-hybridized carbons (Fsp3) is 0.0556. The summed E-state index contributed by atoms with van der Waals surface area (Å²) in [4.78, 5) is 0. The van der Waals surface area contributed by atoms with E-state index in [2.05, 4.69) is 51.8 Å². The first-order chi connectivity index (χ1) is 10.9. The van der Waals surface area contributed by atoms with Crippen LogP contribution < -0.4 is 0 Å². The molecular formula is C18H13N4. The van der Waals surface area contributed by atoms with Crippen LogP contribution in [-0.2, 0) is 6.54 Å². The molecule has 0 saturated heterocycles. The van der Waals surface area contributed by atoms with Gasteiger partial charge in [-0.25, -0.2) is 0 Å². The SMILES string of the molecule is [c]1ccc(-c2ccc3c(cnn3Cc3ccccc3)c2)nn1. The fourth-order valence-electron chi connectivity index (χ4n) is 2.55. The Morgan fingerprint density at radius 3 is 2.73 bits per heavy atom. The van der Waals surface area contributed by atoms with Crippen molar-refractivity contribution in [1.82, 2.24) is 20.0 Å². The van der Waals surface area contributed by atoms with Gasteiger partial charge in [0.25, 0.3) is 0 Å². The van der Waals surface area contributed by atoms with Crippen LogP contribution in [0, 0.1) is 6.20 Å². The molecule has 0 saturated carbocycles. The van der Waals surface area contributed by atoms with E-state index in [1.54, 1.807) is 6.07 Å². The molecule has 0 unspecified atom stereocenters. The Balaban J connectivity index is 1.72. The van der Waals surface area contributed by atoms with Crippen molar-refractivity contribution in [3.8, 4) is 11.3 Å². The minimum atomic E-state index is 0.768. The molecule has 1 radical (unpaired) electrons. The highest BCUT2D eigenvalue weighted by Gasteiger charge is 2.06. The van der Waals surface area contributed by atoms with Gasteiger partial charge in [-0.05, 0) is 29.8 Å². The van der Waals surface area contributed by atoms with Crippen LogP contribution in [-0.4, -0.2) is 20.0 Å². The van der Waals surface area contributed by atoms with Gasteiger partial charge in [0, 0.05) is 10.9 Å². The number of rotatable bonds is 3. The maximum Gasteiger partial charge on any atom is 0.113 e. The van der Waals surface area contributed by atoms with Crippen molar-refractivity contribution in [2.45, 2.75) is 6.54 Å². The average Bonchev–Trinajstić information content (AvgIpc) is 2.99. The molecule has 4 rings (SSSR count). The van der Waals surface area contributed by atoms with E-state index in [9.17, 15) is 0 Å². The van der Waals surface area contributed by atoms with Crippen LogP contribution in [0.25, 0.3) is 22.2 Å². The van der Waals surface area contributed by atoms with Crippen LogP contribution in [0.15, 0.2) is 66.9 Å². The molecule has 0 fully saturated rings. The molecule has 2 aromatic carbocycles. The molecule has 0 aliphatic heterocycles. The zero-order valence-corrected chi connectivity index (χ0v) is 11.8. The molecule has 4 nitrogen and oxygen atoms in total. The second-order valence-corrected chi connectivity index (χ2v) is 5.11. The van der Waals surface area contributed by atoms with Crippen LogP contribution >= 0.6 is 0 Å². The van der Waals surface area contributed by atoms with Gasteiger partial charge < -0.3 is 0 Å². The van der Waals surface area contributed by atoms with E-state index >= 15 is 0 Å². The van der Waals surface area contributed by atoms with Crippen molar-refractivity contribution >= 4 is 10.9 Å². The Bertz CT molecular complexity index is 898. The lowest BCUT2D eigenvalue weighted by atomic mass is 10.1. The molecule has 0 atom stereocenters. The van der Waals surface area contributed by atoms with Crippen molar-refractivity contribution < 1.29 is 0 Å². The number of hydrogen-bond donors (Lipinski definition) is 0. The summed E-state index contributed by atoms with van der Waals surface area (Å²) in [6.45, 7) is 0.768. The zero-order valence-electron chi connectivity index (χ0n) is 11.8. The van der Waals surface area contributed by atoms with Crippen molar-refractivity contribution in [3.05, 3.63) is 78.6 Å². The zero-order chi connectivity index (χ0) is 14.8. The quantitative estimate of drug-likeness (QED) is 0.580. The predicted octanol–water partition coefficient (Wildman–Crippen LogP) is 3.34. The molecular weight excluding hydrogens is 272 g/mol. The fourth-order valence-corrected chi connectivity index (χ4v) is 2.55. The third-order valence-corrected chi connectivity index (χ3v) is 3.64. The molecule has 2 aromatic heterocycles. The van der Waals surface area contributed by atoms with E-state index in [1.807, 2.05) is 35.1 Å². The van der Waals surface area contributed by atoms with Gasteiger partial charge in [0.05, 0.1) is 24.0 Å². The molecule has 0 aliphatic carbocycles. The summed E-state index contributed by atoms with van der Waals surface area (Å²) in [7, 11) is 0. The summed E-state index contributed by atoms with van der Waals surface area (Å²) in [6.07, 6.45) is 4.59. The van der Waals surface area contributed by atoms with E-state index in [1.165, 1.54) is 5.56 Å². The third kappa shape index (κ3) is 2.35. The molecule has 22 heavy (non-hydrogen) atoms. The maximum absolute atomic E-state index is 4.50. The van der Waals surface area contributed by atoms with Gasteiger partial charge in [-0.2, -0.15) is 5.10 Å². The van der Waals surface area contributed by atoms with E-state index in [4.69, 9.17) is 0 Å². The predicted molar refractivity (Wildman–Crippen MR) is 85.1 cm³/mol. The number of nitrogens with zero attached hydrogens (tertiary/aromatic N) is 4. The lowest BCUT2D eigenvalue weighted by Gasteiger charge is -2.04. The summed E-state index contributed by atoms with van der Waals surface area (Å²) >= 11 is 0. The van der Waals surface area contributed by atoms with E-state index < -0.39 is 0 Å².